The van der Waals surface area contributed by atoms with Crippen molar-refractivity contribution in [1.29, 1.82) is 0 Å². The monoisotopic (exact) mass is 267 g/mol. The number of carbonyl (C=O) groups is 1. The van der Waals surface area contributed by atoms with Crippen LogP contribution in [0, 0.1) is 11.6 Å². The lowest BCUT2D eigenvalue weighted by atomic mass is 10.2. The fourth-order valence-corrected chi connectivity index (χ4v) is 2.21. The summed E-state index contributed by atoms with van der Waals surface area (Å²) in [6.07, 6.45) is 0.844. The summed E-state index contributed by atoms with van der Waals surface area (Å²) in [5, 5.41) is 4.29. The molecule has 5 heteroatoms. The highest BCUT2D eigenvalue weighted by Gasteiger charge is 2.08. The van der Waals surface area contributed by atoms with Gasteiger partial charge in [0.25, 0.3) is 0 Å². The van der Waals surface area contributed by atoms with E-state index in [2.05, 4.69) is 5.32 Å². The number of benzene rings is 1. The van der Waals surface area contributed by atoms with E-state index in [0.717, 1.165) is 23.1 Å². The van der Waals surface area contributed by atoms with Crippen molar-refractivity contribution >= 4 is 22.9 Å². The topological polar surface area (TPSA) is 29.1 Å². The molecule has 2 aromatic rings. The van der Waals surface area contributed by atoms with Gasteiger partial charge in [0.15, 0.2) is 0 Å². The van der Waals surface area contributed by atoms with Gasteiger partial charge in [-0.05, 0) is 30.0 Å². The van der Waals surface area contributed by atoms with E-state index in [1.54, 1.807) is 11.3 Å². The normalized spacial score (nSPS) is 10.3. The molecule has 0 saturated heterocycles. The molecule has 0 radical (unpaired) electrons. The lowest BCUT2D eigenvalue weighted by Crippen LogP contribution is -2.13. The molecule has 0 spiro atoms. The van der Waals surface area contributed by atoms with Crippen LogP contribution in [0.4, 0.5) is 14.5 Å². The third kappa shape index (κ3) is 3.37. The third-order valence-electron chi connectivity index (χ3n) is 2.38. The highest BCUT2D eigenvalue weighted by atomic mass is 32.1. The molecule has 2 rings (SSSR count). The van der Waals surface area contributed by atoms with Crippen molar-refractivity contribution in [2.24, 2.45) is 0 Å². The van der Waals surface area contributed by atoms with Crippen LogP contribution in [0.3, 0.4) is 0 Å². The van der Waals surface area contributed by atoms with Crippen LogP contribution in [-0.4, -0.2) is 5.91 Å². The van der Waals surface area contributed by atoms with Crippen LogP contribution in [0.5, 0.6) is 0 Å². The second kappa shape index (κ2) is 5.73. The number of anilines is 1. The third-order valence-corrected chi connectivity index (χ3v) is 3.32. The van der Waals surface area contributed by atoms with E-state index in [1.165, 1.54) is 0 Å². The first-order valence-corrected chi connectivity index (χ1v) is 6.30. The molecule has 0 saturated carbocycles. The van der Waals surface area contributed by atoms with E-state index in [4.69, 9.17) is 0 Å². The fourth-order valence-electron chi connectivity index (χ4n) is 1.50. The zero-order valence-corrected chi connectivity index (χ0v) is 10.3. The molecule has 0 aliphatic heterocycles. The van der Waals surface area contributed by atoms with Crippen LogP contribution in [0.1, 0.15) is 11.3 Å². The zero-order chi connectivity index (χ0) is 13.0. The molecule has 0 aliphatic rings. The van der Waals surface area contributed by atoms with Gasteiger partial charge in [0.05, 0.1) is 5.69 Å². The lowest BCUT2D eigenvalue weighted by Gasteiger charge is -2.05. The molecule has 0 bridgehead atoms. The Labute approximate surface area is 107 Å². The van der Waals surface area contributed by atoms with Crippen molar-refractivity contribution in [3.63, 3.8) is 0 Å². The molecule has 1 heterocycles. The van der Waals surface area contributed by atoms with Gasteiger partial charge in [-0.3, -0.25) is 4.79 Å². The van der Waals surface area contributed by atoms with Crippen LogP contribution >= 0.6 is 11.3 Å². The number of amides is 1. The Morgan fingerprint density at radius 3 is 2.83 bits per heavy atom. The molecule has 0 aliphatic carbocycles. The molecule has 1 aromatic heterocycles. The summed E-state index contributed by atoms with van der Waals surface area (Å²) in [6, 6.07) is 6.81. The van der Waals surface area contributed by atoms with Gasteiger partial charge >= 0.3 is 0 Å². The average Bonchev–Trinajstić information content (AvgIpc) is 2.84. The van der Waals surface area contributed by atoms with Crippen molar-refractivity contribution in [2.45, 2.75) is 12.8 Å². The molecule has 1 amide bonds. The van der Waals surface area contributed by atoms with Gasteiger partial charge in [0.1, 0.15) is 11.6 Å². The molecule has 1 aromatic carbocycles. The first-order chi connectivity index (χ1) is 8.65. The number of hydrogen-bond acceptors (Lipinski definition) is 2. The van der Waals surface area contributed by atoms with Gasteiger partial charge in [-0.2, -0.15) is 0 Å². The van der Waals surface area contributed by atoms with E-state index in [0.29, 0.717) is 6.42 Å². The second-order valence-corrected chi connectivity index (χ2v) is 4.78. The molecule has 0 unspecified atom stereocenters. The van der Waals surface area contributed by atoms with Crippen molar-refractivity contribution in [3.05, 3.63) is 52.2 Å². The first-order valence-electron chi connectivity index (χ1n) is 5.42. The van der Waals surface area contributed by atoms with Crippen LogP contribution in [-0.2, 0) is 11.2 Å². The summed E-state index contributed by atoms with van der Waals surface area (Å²) < 4.78 is 26.2. The van der Waals surface area contributed by atoms with E-state index in [9.17, 15) is 13.6 Å². The van der Waals surface area contributed by atoms with Crippen molar-refractivity contribution in [1.82, 2.24) is 0 Å². The van der Waals surface area contributed by atoms with E-state index < -0.39 is 11.6 Å². The average molecular weight is 267 g/mol. The van der Waals surface area contributed by atoms with Gasteiger partial charge in [-0.25, -0.2) is 8.78 Å². The number of halogens is 2. The summed E-state index contributed by atoms with van der Waals surface area (Å²) in [4.78, 5) is 12.7. The molecule has 94 valence electrons. The Hall–Kier alpha value is -1.75. The minimum atomic E-state index is -0.638. The molecule has 18 heavy (non-hydrogen) atoms. The number of hydrogen-bond donors (Lipinski definition) is 1. The predicted octanol–water partition coefficient (Wildman–Crippen LogP) is 3.60. The number of carbonyl (C=O) groups excluding carboxylic acids is 1. The summed E-state index contributed by atoms with van der Waals surface area (Å²) in [7, 11) is 0. The Bertz CT molecular complexity index is 540. The minimum absolute atomic E-state index is 0.119. The van der Waals surface area contributed by atoms with Crippen LogP contribution in [0.2, 0.25) is 0 Å². The molecular formula is C13H11F2NOS. The van der Waals surface area contributed by atoms with Crippen molar-refractivity contribution in [3.8, 4) is 0 Å². The summed E-state index contributed by atoms with van der Waals surface area (Å²) in [6.45, 7) is 0. The molecule has 0 fully saturated rings. The summed E-state index contributed by atoms with van der Waals surface area (Å²) >= 11 is 1.56. The maximum absolute atomic E-state index is 13.3. The van der Waals surface area contributed by atoms with Gasteiger partial charge in [0.2, 0.25) is 5.91 Å². The van der Waals surface area contributed by atoms with Gasteiger partial charge in [-0.15, -0.1) is 11.3 Å². The van der Waals surface area contributed by atoms with E-state index in [-0.39, 0.29) is 18.0 Å². The molecule has 0 atom stereocenters. The zero-order valence-electron chi connectivity index (χ0n) is 9.45. The van der Waals surface area contributed by atoms with Crippen LogP contribution in [0.25, 0.3) is 0 Å². The Morgan fingerprint density at radius 1 is 1.28 bits per heavy atom. The van der Waals surface area contributed by atoms with Gasteiger partial charge in [0, 0.05) is 17.4 Å². The van der Waals surface area contributed by atoms with Crippen molar-refractivity contribution < 1.29 is 13.6 Å². The van der Waals surface area contributed by atoms with Gasteiger partial charge < -0.3 is 5.32 Å². The van der Waals surface area contributed by atoms with Crippen molar-refractivity contribution in [2.75, 3.05) is 5.32 Å². The summed E-state index contributed by atoms with van der Waals surface area (Å²) in [5.41, 5.74) is -0.119. The highest BCUT2D eigenvalue weighted by molar-refractivity contribution is 7.09. The number of aryl methyl sites for hydroxylation is 1. The Morgan fingerprint density at radius 2 is 2.11 bits per heavy atom. The maximum Gasteiger partial charge on any atom is 0.224 e. The Kier molecular flexibility index (Phi) is 4.04. The fraction of sp³-hybridized carbons (Fsp3) is 0.154. The Balaban J connectivity index is 1.92. The maximum atomic E-state index is 13.3. The quantitative estimate of drug-likeness (QED) is 0.901. The van der Waals surface area contributed by atoms with E-state index in [1.807, 2.05) is 17.5 Å². The highest BCUT2D eigenvalue weighted by Crippen LogP contribution is 2.16. The largest absolute Gasteiger partial charge is 0.324 e. The number of thiophene rings is 1. The van der Waals surface area contributed by atoms with Gasteiger partial charge in [-0.1, -0.05) is 6.07 Å². The first kappa shape index (κ1) is 12.7. The SMILES string of the molecule is O=C(CCc1cccs1)Nc1cc(F)ccc1F. The summed E-state index contributed by atoms with van der Waals surface area (Å²) in [5.74, 6) is -1.54. The molecular weight excluding hydrogens is 256 g/mol. The molecule has 1 N–H and O–H groups in total. The lowest BCUT2D eigenvalue weighted by molar-refractivity contribution is -0.116. The predicted molar refractivity (Wildman–Crippen MR) is 67.6 cm³/mol. The minimum Gasteiger partial charge on any atom is -0.324 e. The van der Waals surface area contributed by atoms with Crippen LogP contribution in [0.15, 0.2) is 35.7 Å². The number of nitrogens with one attached hydrogen (secondary N) is 1. The van der Waals surface area contributed by atoms with Crippen LogP contribution < -0.4 is 5.32 Å². The smallest absolute Gasteiger partial charge is 0.224 e. The van der Waals surface area contributed by atoms with E-state index >= 15 is 0 Å². The molecule has 2 nitrogen and oxygen atoms in total. The second-order valence-electron chi connectivity index (χ2n) is 3.75. The standard InChI is InChI=1S/C13H11F2NOS/c14-9-3-5-11(15)12(8-9)16-13(17)6-4-10-2-1-7-18-10/h1-3,5,7-8H,4,6H2,(H,16,17). The number of rotatable bonds is 4.